The Morgan fingerprint density at radius 3 is 2.41 bits per heavy atom. The number of halogens is 1. The van der Waals surface area contributed by atoms with Crippen molar-refractivity contribution in [3.8, 4) is 0 Å². The number of hydrogen-bond donors (Lipinski definition) is 1. The van der Waals surface area contributed by atoms with E-state index in [0.29, 0.717) is 12.0 Å². The van der Waals surface area contributed by atoms with Crippen LogP contribution in [-0.4, -0.2) is 18.3 Å². The molecule has 0 aliphatic heterocycles. The van der Waals surface area contributed by atoms with E-state index in [2.05, 4.69) is 26.1 Å². The standard InChI is InChI=1S/C14H22FNS/c1-4-11(3)14(16-5-2)10-17-13-8-6-12(15)7-9-13/h6-9,11,14,16H,4-5,10H2,1-3H3. The largest absolute Gasteiger partial charge is 0.313 e. The van der Waals surface area contributed by atoms with Crippen LogP contribution in [0.2, 0.25) is 0 Å². The van der Waals surface area contributed by atoms with Crippen molar-refractivity contribution in [1.82, 2.24) is 5.32 Å². The Labute approximate surface area is 108 Å². The van der Waals surface area contributed by atoms with Gasteiger partial charge in [0.1, 0.15) is 5.82 Å². The molecule has 1 rings (SSSR count). The van der Waals surface area contributed by atoms with E-state index in [9.17, 15) is 4.39 Å². The smallest absolute Gasteiger partial charge is 0.123 e. The highest BCUT2D eigenvalue weighted by Gasteiger charge is 2.14. The second-order valence-electron chi connectivity index (χ2n) is 4.31. The molecule has 0 aliphatic rings. The van der Waals surface area contributed by atoms with Crippen LogP contribution in [-0.2, 0) is 0 Å². The maximum Gasteiger partial charge on any atom is 0.123 e. The van der Waals surface area contributed by atoms with Crippen molar-refractivity contribution in [2.45, 2.75) is 38.1 Å². The molecule has 1 aromatic carbocycles. The van der Waals surface area contributed by atoms with Gasteiger partial charge in [0.15, 0.2) is 0 Å². The molecular weight excluding hydrogens is 233 g/mol. The van der Waals surface area contributed by atoms with E-state index in [1.807, 2.05) is 12.1 Å². The minimum Gasteiger partial charge on any atom is -0.313 e. The van der Waals surface area contributed by atoms with E-state index in [1.165, 1.54) is 18.6 Å². The molecule has 0 aromatic heterocycles. The lowest BCUT2D eigenvalue weighted by Crippen LogP contribution is -2.36. The van der Waals surface area contributed by atoms with Crippen LogP contribution >= 0.6 is 11.8 Å². The minimum absolute atomic E-state index is 0.167. The molecule has 1 aromatic rings. The van der Waals surface area contributed by atoms with Gasteiger partial charge in [0.2, 0.25) is 0 Å². The normalized spacial score (nSPS) is 14.6. The third-order valence-electron chi connectivity index (χ3n) is 3.04. The highest BCUT2D eigenvalue weighted by atomic mass is 32.2. The first-order chi connectivity index (χ1) is 8.17. The Hall–Kier alpha value is -0.540. The van der Waals surface area contributed by atoms with Gasteiger partial charge in [-0.3, -0.25) is 0 Å². The van der Waals surface area contributed by atoms with E-state index in [1.54, 1.807) is 11.8 Å². The lowest BCUT2D eigenvalue weighted by Gasteiger charge is -2.23. The second kappa shape index (κ2) is 7.72. The van der Waals surface area contributed by atoms with Crippen molar-refractivity contribution in [3.63, 3.8) is 0 Å². The van der Waals surface area contributed by atoms with E-state index in [0.717, 1.165) is 17.2 Å². The van der Waals surface area contributed by atoms with Gasteiger partial charge in [-0.25, -0.2) is 4.39 Å². The van der Waals surface area contributed by atoms with Crippen LogP contribution < -0.4 is 5.32 Å². The Bertz CT molecular complexity index is 313. The molecule has 96 valence electrons. The highest BCUT2D eigenvalue weighted by molar-refractivity contribution is 7.99. The lowest BCUT2D eigenvalue weighted by atomic mass is 10.0. The summed E-state index contributed by atoms with van der Waals surface area (Å²) in [4.78, 5) is 1.14. The molecule has 0 heterocycles. The first-order valence-corrected chi connectivity index (χ1v) is 7.27. The summed E-state index contributed by atoms with van der Waals surface area (Å²) in [5.74, 6) is 1.54. The molecule has 1 nitrogen and oxygen atoms in total. The highest BCUT2D eigenvalue weighted by Crippen LogP contribution is 2.22. The zero-order chi connectivity index (χ0) is 12.7. The van der Waals surface area contributed by atoms with Crippen molar-refractivity contribution in [1.29, 1.82) is 0 Å². The fraction of sp³-hybridized carbons (Fsp3) is 0.571. The van der Waals surface area contributed by atoms with Crippen LogP contribution in [0, 0.1) is 11.7 Å². The summed E-state index contributed by atoms with van der Waals surface area (Å²) in [6.07, 6.45) is 1.18. The Morgan fingerprint density at radius 2 is 1.88 bits per heavy atom. The van der Waals surface area contributed by atoms with Gasteiger partial charge in [0, 0.05) is 16.7 Å². The summed E-state index contributed by atoms with van der Waals surface area (Å²) in [6, 6.07) is 7.26. The molecule has 0 spiro atoms. The van der Waals surface area contributed by atoms with Gasteiger partial charge in [-0.15, -0.1) is 11.8 Å². The van der Waals surface area contributed by atoms with Crippen LogP contribution in [0.1, 0.15) is 27.2 Å². The van der Waals surface area contributed by atoms with Crippen LogP contribution in [0.3, 0.4) is 0 Å². The molecule has 0 amide bonds. The molecule has 2 unspecified atom stereocenters. The van der Waals surface area contributed by atoms with Gasteiger partial charge < -0.3 is 5.32 Å². The fourth-order valence-corrected chi connectivity index (χ4v) is 2.83. The topological polar surface area (TPSA) is 12.0 Å². The Kier molecular flexibility index (Phi) is 6.60. The van der Waals surface area contributed by atoms with E-state index >= 15 is 0 Å². The van der Waals surface area contributed by atoms with Crippen LogP contribution in [0.15, 0.2) is 29.2 Å². The van der Waals surface area contributed by atoms with Gasteiger partial charge in [0.25, 0.3) is 0 Å². The summed E-state index contributed by atoms with van der Waals surface area (Å²) < 4.78 is 12.8. The number of hydrogen-bond acceptors (Lipinski definition) is 2. The summed E-state index contributed by atoms with van der Waals surface area (Å²) >= 11 is 1.79. The maximum absolute atomic E-state index is 12.8. The molecule has 0 bridgehead atoms. The molecule has 0 aliphatic carbocycles. The zero-order valence-electron chi connectivity index (χ0n) is 10.9. The molecule has 0 radical (unpaired) electrons. The van der Waals surface area contributed by atoms with Crippen molar-refractivity contribution in [2.75, 3.05) is 12.3 Å². The number of rotatable bonds is 7. The average Bonchev–Trinajstić information content (AvgIpc) is 2.35. The Balaban J connectivity index is 2.48. The first kappa shape index (κ1) is 14.5. The SMILES string of the molecule is CCNC(CSc1ccc(F)cc1)C(C)CC. The Morgan fingerprint density at radius 1 is 1.24 bits per heavy atom. The first-order valence-electron chi connectivity index (χ1n) is 6.29. The quantitative estimate of drug-likeness (QED) is 0.741. The molecule has 1 N–H and O–H groups in total. The van der Waals surface area contributed by atoms with Gasteiger partial charge in [-0.05, 0) is 36.7 Å². The third-order valence-corrected chi connectivity index (χ3v) is 4.17. The molecule has 0 fully saturated rings. The number of benzene rings is 1. The average molecular weight is 255 g/mol. The minimum atomic E-state index is -0.167. The van der Waals surface area contributed by atoms with Gasteiger partial charge >= 0.3 is 0 Å². The third kappa shape index (κ3) is 5.09. The predicted molar refractivity (Wildman–Crippen MR) is 74.0 cm³/mol. The summed E-state index contributed by atoms with van der Waals surface area (Å²) in [5.41, 5.74) is 0. The van der Waals surface area contributed by atoms with E-state index in [4.69, 9.17) is 0 Å². The molecule has 0 saturated heterocycles. The van der Waals surface area contributed by atoms with Crippen molar-refractivity contribution in [3.05, 3.63) is 30.1 Å². The number of thioether (sulfide) groups is 1. The van der Waals surface area contributed by atoms with Gasteiger partial charge in [-0.1, -0.05) is 27.2 Å². The second-order valence-corrected chi connectivity index (χ2v) is 5.41. The van der Waals surface area contributed by atoms with E-state index in [-0.39, 0.29) is 5.82 Å². The van der Waals surface area contributed by atoms with Crippen molar-refractivity contribution >= 4 is 11.8 Å². The molecular formula is C14H22FNS. The molecule has 0 saturated carbocycles. The molecule has 3 heteroatoms. The maximum atomic E-state index is 12.8. The monoisotopic (exact) mass is 255 g/mol. The predicted octanol–water partition coefficient (Wildman–Crippen LogP) is 3.94. The van der Waals surface area contributed by atoms with Gasteiger partial charge in [-0.2, -0.15) is 0 Å². The van der Waals surface area contributed by atoms with Gasteiger partial charge in [0.05, 0.1) is 0 Å². The zero-order valence-corrected chi connectivity index (χ0v) is 11.7. The van der Waals surface area contributed by atoms with Crippen LogP contribution in [0.4, 0.5) is 4.39 Å². The molecule has 2 atom stereocenters. The van der Waals surface area contributed by atoms with Crippen LogP contribution in [0.5, 0.6) is 0 Å². The lowest BCUT2D eigenvalue weighted by molar-refractivity contribution is 0.404. The van der Waals surface area contributed by atoms with Crippen molar-refractivity contribution < 1.29 is 4.39 Å². The summed E-state index contributed by atoms with van der Waals surface area (Å²) in [5, 5.41) is 3.52. The van der Waals surface area contributed by atoms with Crippen LogP contribution in [0.25, 0.3) is 0 Å². The number of nitrogens with one attached hydrogen (secondary N) is 1. The van der Waals surface area contributed by atoms with Crippen molar-refractivity contribution in [2.24, 2.45) is 5.92 Å². The molecule has 17 heavy (non-hydrogen) atoms. The fourth-order valence-electron chi connectivity index (χ4n) is 1.69. The summed E-state index contributed by atoms with van der Waals surface area (Å²) in [7, 11) is 0. The summed E-state index contributed by atoms with van der Waals surface area (Å²) in [6.45, 7) is 7.63. The van der Waals surface area contributed by atoms with E-state index < -0.39 is 0 Å².